The van der Waals surface area contributed by atoms with E-state index < -0.39 is 22.5 Å². The normalized spacial score (nSPS) is 14.1. The first-order valence-corrected chi connectivity index (χ1v) is 11.5. The SMILES string of the molecule is COc1ccc(N(CC(=O)Nc2ccccc2C(=O)N2CCOCC2)S(C)(=O)=O)cc1. The molecule has 0 atom stereocenters. The van der Waals surface area contributed by atoms with Crippen molar-refractivity contribution in [1.29, 1.82) is 0 Å². The average Bonchev–Trinajstić information content (AvgIpc) is 2.77. The number of nitrogens with one attached hydrogen (secondary N) is 1. The number of hydrogen-bond donors (Lipinski definition) is 1. The van der Waals surface area contributed by atoms with Crippen LogP contribution in [-0.2, 0) is 19.6 Å². The Morgan fingerprint density at radius 1 is 1.10 bits per heavy atom. The van der Waals surface area contributed by atoms with Gasteiger partial charge in [0.25, 0.3) is 5.91 Å². The molecule has 1 aliphatic heterocycles. The second-order valence-corrected chi connectivity index (χ2v) is 8.87. The number of sulfonamides is 1. The van der Waals surface area contributed by atoms with E-state index in [2.05, 4.69) is 5.32 Å². The summed E-state index contributed by atoms with van der Waals surface area (Å²) in [6.07, 6.45) is 1.03. The van der Waals surface area contributed by atoms with Crippen LogP contribution in [0.1, 0.15) is 10.4 Å². The monoisotopic (exact) mass is 447 g/mol. The summed E-state index contributed by atoms with van der Waals surface area (Å²) in [7, 11) is -2.22. The zero-order chi connectivity index (χ0) is 22.4. The molecule has 0 aromatic heterocycles. The summed E-state index contributed by atoms with van der Waals surface area (Å²) in [4.78, 5) is 27.3. The molecule has 1 fully saturated rings. The maximum Gasteiger partial charge on any atom is 0.256 e. The van der Waals surface area contributed by atoms with E-state index in [4.69, 9.17) is 9.47 Å². The number of para-hydroxylation sites is 1. The predicted molar refractivity (Wildman–Crippen MR) is 117 cm³/mol. The number of methoxy groups -OCH3 is 1. The fourth-order valence-corrected chi connectivity index (χ4v) is 4.04. The van der Waals surface area contributed by atoms with Crippen molar-refractivity contribution in [2.75, 3.05) is 55.8 Å². The molecule has 2 aromatic carbocycles. The molecule has 2 aromatic rings. The van der Waals surface area contributed by atoms with Gasteiger partial charge in [0, 0.05) is 13.1 Å². The smallest absolute Gasteiger partial charge is 0.256 e. The van der Waals surface area contributed by atoms with Gasteiger partial charge in [-0.25, -0.2) is 8.42 Å². The third-order valence-corrected chi connectivity index (χ3v) is 5.92. The zero-order valence-corrected chi connectivity index (χ0v) is 18.2. The van der Waals surface area contributed by atoms with E-state index in [1.54, 1.807) is 53.4 Å². The van der Waals surface area contributed by atoms with E-state index in [1.165, 1.54) is 7.11 Å². The fourth-order valence-electron chi connectivity index (χ4n) is 3.18. The molecular formula is C21H25N3O6S. The van der Waals surface area contributed by atoms with E-state index in [0.717, 1.165) is 10.6 Å². The summed E-state index contributed by atoms with van der Waals surface area (Å²) < 4.78 is 36.0. The second-order valence-electron chi connectivity index (χ2n) is 6.97. The zero-order valence-electron chi connectivity index (χ0n) is 17.4. The summed E-state index contributed by atoms with van der Waals surface area (Å²) in [6.45, 7) is 1.43. The maximum absolute atomic E-state index is 12.9. The average molecular weight is 448 g/mol. The van der Waals surface area contributed by atoms with Gasteiger partial charge >= 0.3 is 0 Å². The van der Waals surface area contributed by atoms with E-state index in [1.807, 2.05) is 0 Å². The van der Waals surface area contributed by atoms with Gasteiger partial charge < -0.3 is 19.7 Å². The molecule has 0 saturated carbocycles. The minimum atomic E-state index is -3.73. The van der Waals surface area contributed by atoms with E-state index in [0.29, 0.717) is 49.0 Å². The van der Waals surface area contributed by atoms with Gasteiger partial charge in [-0.2, -0.15) is 0 Å². The van der Waals surface area contributed by atoms with Gasteiger partial charge in [0.2, 0.25) is 15.9 Å². The molecule has 3 rings (SSSR count). The summed E-state index contributed by atoms with van der Waals surface area (Å²) in [6, 6.07) is 13.0. The van der Waals surface area contributed by atoms with Crippen LogP contribution >= 0.6 is 0 Å². The molecular weight excluding hydrogens is 422 g/mol. The Morgan fingerprint density at radius 3 is 2.35 bits per heavy atom. The molecule has 0 unspecified atom stereocenters. The van der Waals surface area contributed by atoms with E-state index in [9.17, 15) is 18.0 Å². The van der Waals surface area contributed by atoms with Crippen LogP contribution in [0.15, 0.2) is 48.5 Å². The lowest BCUT2D eigenvalue weighted by molar-refractivity contribution is -0.114. The van der Waals surface area contributed by atoms with Crippen LogP contribution in [0.5, 0.6) is 5.75 Å². The van der Waals surface area contributed by atoms with Crippen molar-refractivity contribution in [2.24, 2.45) is 0 Å². The highest BCUT2D eigenvalue weighted by Gasteiger charge is 2.24. The number of carbonyl (C=O) groups excluding carboxylic acids is 2. The van der Waals surface area contributed by atoms with Crippen molar-refractivity contribution >= 4 is 33.2 Å². The largest absolute Gasteiger partial charge is 0.497 e. The number of hydrogen-bond acceptors (Lipinski definition) is 6. The van der Waals surface area contributed by atoms with Crippen LogP contribution in [0.2, 0.25) is 0 Å². The lowest BCUT2D eigenvalue weighted by atomic mass is 10.1. The number of rotatable bonds is 7. The Kier molecular flexibility index (Phi) is 7.13. The first-order chi connectivity index (χ1) is 14.8. The molecule has 0 radical (unpaired) electrons. The molecule has 9 nitrogen and oxygen atoms in total. The first kappa shape index (κ1) is 22.6. The van der Waals surface area contributed by atoms with Crippen LogP contribution < -0.4 is 14.4 Å². The van der Waals surface area contributed by atoms with Crippen molar-refractivity contribution in [1.82, 2.24) is 4.90 Å². The molecule has 1 aliphatic rings. The molecule has 1 heterocycles. The van der Waals surface area contributed by atoms with Gasteiger partial charge in [0.1, 0.15) is 12.3 Å². The van der Waals surface area contributed by atoms with Crippen LogP contribution in [0.4, 0.5) is 11.4 Å². The number of anilines is 2. The molecule has 166 valence electrons. The Labute approximate surface area is 181 Å². The minimum Gasteiger partial charge on any atom is -0.497 e. The Morgan fingerprint density at radius 2 is 1.74 bits per heavy atom. The number of nitrogens with zero attached hydrogens (tertiary/aromatic N) is 2. The molecule has 2 amide bonds. The highest BCUT2D eigenvalue weighted by molar-refractivity contribution is 7.92. The number of ether oxygens (including phenoxy) is 2. The van der Waals surface area contributed by atoms with Crippen molar-refractivity contribution in [3.63, 3.8) is 0 Å². The first-order valence-electron chi connectivity index (χ1n) is 9.67. The molecule has 10 heteroatoms. The van der Waals surface area contributed by atoms with Gasteiger partial charge in [-0.15, -0.1) is 0 Å². The molecule has 0 spiro atoms. The molecule has 0 aliphatic carbocycles. The summed E-state index contributed by atoms with van der Waals surface area (Å²) in [5.41, 5.74) is 0.997. The summed E-state index contributed by atoms with van der Waals surface area (Å²) >= 11 is 0. The van der Waals surface area contributed by atoms with Gasteiger partial charge in [-0.1, -0.05) is 12.1 Å². The highest BCUT2D eigenvalue weighted by Crippen LogP contribution is 2.22. The number of benzene rings is 2. The van der Waals surface area contributed by atoms with E-state index >= 15 is 0 Å². The lowest BCUT2D eigenvalue weighted by Crippen LogP contribution is -2.41. The molecule has 1 N–H and O–H groups in total. The van der Waals surface area contributed by atoms with Crippen LogP contribution in [0, 0.1) is 0 Å². The Hall–Kier alpha value is -3.11. The standard InChI is InChI=1S/C21H25N3O6S/c1-29-17-9-7-16(8-10-17)24(31(2,27)28)15-20(25)22-19-6-4-3-5-18(19)21(26)23-11-13-30-14-12-23/h3-10H,11-15H2,1-2H3,(H,22,25). The number of carbonyl (C=O) groups is 2. The van der Waals surface area contributed by atoms with Crippen molar-refractivity contribution < 1.29 is 27.5 Å². The Bertz CT molecular complexity index is 1030. The fraction of sp³-hybridized carbons (Fsp3) is 0.333. The molecule has 1 saturated heterocycles. The van der Waals surface area contributed by atoms with Crippen molar-refractivity contribution in [3.05, 3.63) is 54.1 Å². The lowest BCUT2D eigenvalue weighted by Gasteiger charge is -2.27. The van der Waals surface area contributed by atoms with Crippen molar-refractivity contribution in [2.45, 2.75) is 0 Å². The summed E-state index contributed by atoms with van der Waals surface area (Å²) in [5, 5.41) is 2.68. The summed E-state index contributed by atoms with van der Waals surface area (Å²) in [5.74, 6) is -0.213. The number of amides is 2. The highest BCUT2D eigenvalue weighted by atomic mass is 32.2. The van der Waals surface area contributed by atoms with Gasteiger partial charge in [-0.3, -0.25) is 13.9 Å². The predicted octanol–water partition coefficient (Wildman–Crippen LogP) is 1.57. The van der Waals surface area contributed by atoms with Crippen LogP contribution in [-0.4, -0.2) is 71.3 Å². The van der Waals surface area contributed by atoms with Gasteiger partial charge in [0.15, 0.2) is 0 Å². The quantitative estimate of drug-likeness (QED) is 0.691. The van der Waals surface area contributed by atoms with Crippen LogP contribution in [0.3, 0.4) is 0 Å². The van der Waals surface area contributed by atoms with Gasteiger partial charge in [-0.05, 0) is 36.4 Å². The molecule has 0 bridgehead atoms. The topological polar surface area (TPSA) is 105 Å². The molecule has 31 heavy (non-hydrogen) atoms. The third-order valence-electron chi connectivity index (χ3n) is 4.78. The maximum atomic E-state index is 12.9. The Balaban J connectivity index is 1.77. The second kappa shape index (κ2) is 9.80. The number of morpholine rings is 1. The van der Waals surface area contributed by atoms with Crippen LogP contribution in [0.25, 0.3) is 0 Å². The van der Waals surface area contributed by atoms with E-state index in [-0.39, 0.29) is 5.91 Å². The third kappa shape index (κ3) is 5.74. The van der Waals surface area contributed by atoms with Gasteiger partial charge in [0.05, 0.1) is 43.5 Å². The minimum absolute atomic E-state index is 0.214. The van der Waals surface area contributed by atoms with Crippen molar-refractivity contribution in [3.8, 4) is 5.75 Å².